The van der Waals surface area contributed by atoms with E-state index < -0.39 is 5.54 Å². The molecule has 0 bridgehead atoms. The van der Waals surface area contributed by atoms with Crippen molar-refractivity contribution in [3.63, 3.8) is 0 Å². The number of benzene rings is 1. The lowest BCUT2D eigenvalue weighted by Gasteiger charge is -2.36. The summed E-state index contributed by atoms with van der Waals surface area (Å²) >= 11 is 0. The largest absolute Gasteiger partial charge is 0.292 e. The summed E-state index contributed by atoms with van der Waals surface area (Å²) < 4.78 is 0. The zero-order valence-electron chi connectivity index (χ0n) is 12.5. The van der Waals surface area contributed by atoms with Gasteiger partial charge in [-0.3, -0.25) is 9.69 Å². The molecule has 0 aliphatic carbocycles. The number of hydrogen-bond acceptors (Lipinski definition) is 2. The van der Waals surface area contributed by atoms with Gasteiger partial charge in [-0.15, -0.1) is 0 Å². The second-order valence-corrected chi connectivity index (χ2v) is 5.38. The van der Waals surface area contributed by atoms with E-state index in [2.05, 4.69) is 24.8 Å². The van der Waals surface area contributed by atoms with Crippen molar-refractivity contribution in [1.82, 2.24) is 4.90 Å². The summed E-state index contributed by atoms with van der Waals surface area (Å²) in [5, 5.41) is 0. The lowest BCUT2D eigenvalue weighted by atomic mass is 9.88. The number of Topliss-reactive ketones (excluding diaryl/α,β-unsaturated/α-hetero) is 1. The summed E-state index contributed by atoms with van der Waals surface area (Å²) in [7, 11) is 0. The van der Waals surface area contributed by atoms with Crippen LogP contribution in [0.2, 0.25) is 0 Å². The van der Waals surface area contributed by atoms with Gasteiger partial charge in [-0.2, -0.15) is 0 Å². The fraction of sp³-hybridized carbons (Fsp3) is 0.562. The van der Waals surface area contributed by atoms with E-state index in [1.807, 2.05) is 39.8 Å². The molecule has 100 valence electrons. The van der Waals surface area contributed by atoms with Crippen molar-refractivity contribution in [1.29, 1.82) is 0 Å². The van der Waals surface area contributed by atoms with Crippen molar-refractivity contribution >= 4 is 5.78 Å². The summed E-state index contributed by atoms with van der Waals surface area (Å²) in [6.45, 7) is 14.0. The monoisotopic (exact) mass is 247 g/mol. The third-order valence-electron chi connectivity index (χ3n) is 3.75. The first-order chi connectivity index (χ1) is 8.34. The molecule has 0 spiro atoms. The molecular formula is C16H25NO. The summed E-state index contributed by atoms with van der Waals surface area (Å²) in [4.78, 5) is 15.0. The predicted molar refractivity (Wildman–Crippen MR) is 77.2 cm³/mol. The van der Waals surface area contributed by atoms with Gasteiger partial charge in [-0.25, -0.2) is 0 Å². The highest BCUT2D eigenvalue weighted by Crippen LogP contribution is 2.23. The molecule has 0 aliphatic heterocycles. The molecule has 0 atom stereocenters. The molecule has 0 saturated heterocycles. The first-order valence-electron chi connectivity index (χ1n) is 6.71. The highest BCUT2D eigenvalue weighted by Gasteiger charge is 2.34. The highest BCUT2D eigenvalue weighted by molar-refractivity contribution is 6.03. The van der Waals surface area contributed by atoms with E-state index in [1.54, 1.807) is 0 Å². The number of carbonyl (C=O) groups excluding carboxylic acids is 1. The normalized spacial score (nSPS) is 11.9. The van der Waals surface area contributed by atoms with E-state index in [0.717, 1.165) is 29.8 Å². The molecular weight excluding hydrogens is 222 g/mol. The molecule has 0 N–H and O–H groups in total. The van der Waals surface area contributed by atoms with E-state index in [4.69, 9.17) is 0 Å². The van der Waals surface area contributed by atoms with Crippen LogP contribution in [-0.4, -0.2) is 29.3 Å². The molecule has 1 aromatic carbocycles. The van der Waals surface area contributed by atoms with Crippen molar-refractivity contribution < 1.29 is 4.79 Å². The fourth-order valence-electron chi connectivity index (χ4n) is 2.47. The van der Waals surface area contributed by atoms with Gasteiger partial charge in [-0.1, -0.05) is 31.5 Å². The number of carbonyl (C=O) groups is 1. The molecule has 0 aromatic heterocycles. The minimum atomic E-state index is -0.442. The van der Waals surface area contributed by atoms with Crippen LogP contribution in [0.25, 0.3) is 0 Å². The van der Waals surface area contributed by atoms with E-state index in [0.29, 0.717) is 0 Å². The molecule has 1 rings (SSSR count). The summed E-state index contributed by atoms with van der Waals surface area (Å²) in [5.41, 5.74) is 2.61. The van der Waals surface area contributed by atoms with Gasteiger partial charge in [0.25, 0.3) is 0 Å². The summed E-state index contributed by atoms with van der Waals surface area (Å²) in [6, 6.07) is 6.08. The zero-order chi connectivity index (χ0) is 13.9. The molecule has 0 radical (unpaired) electrons. The third kappa shape index (κ3) is 2.81. The molecule has 0 aliphatic rings. The Morgan fingerprint density at radius 2 is 1.72 bits per heavy atom. The lowest BCUT2D eigenvalue weighted by molar-refractivity contribution is 0.0668. The van der Waals surface area contributed by atoms with Gasteiger partial charge in [0.15, 0.2) is 5.78 Å². The molecule has 0 heterocycles. The Hall–Kier alpha value is -1.15. The molecule has 0 amide bonds. The van der Waals surface area contributed by atoms with Crippen LogP contribution in [0.15, 0.2) is 18.2 Å². The second kappa shape index (κ2) is 5.66. The van der Waals surface area contributed by atoms with Gasteiger partial charge in [0.2, 0.25) is 0 Å². The van der Waals surface area contributed by atoms with Crippen LogP contribution in [0.3, 0.4) is 0 Å². The van der Waals surface area contributed by atoms with Gasteiger partial charge in [0.05, 0.1) is 5.54 Å². The van der Waals surface area contributed by atoms with Gasteiger partial charge in [0.1, 0.15) is 0 Å². The quantitative estimate of drug-likeness (QED) is 0.741. The van der Waals surface area contributed by atoms with Crippen LogP contribution in [0.1, 0.15) is 49.2 Å². The molecule has 1 aromatic rings. The Bertz CT molecular complexity index is 431. The van der Waals surface area contributed by atoms with Gasteiger partial charge >= 0.3 is 0 Å². The summed E-state index contributed by atoms with van der Waals surface area (Å²) in [5.74, 6) is 0.215. The Morgan fingerprint density at radius 3 is 2.22 bits per heavy atom. The van der Waals surface area contributed by atoms with Crippen molar-refractivity contribution in [3.8, 4) is 0 Å². The number of likely N-dealkylation sites (N-methyl/N-ethyl adjacent to an activating group) is 1. The molecule has 0 fully saturated rings. The van der Waals surface area contributed by atoms with E-state index in [1.165, 1.54) is 0 Å². The minimum absolute atomic E-state index is 0.215. The van der Waals surface area contributed by atoms with Crippen molar-refractivity contribution in [3.05, 3.63) is 34.9 Å². The number of ketones is 1. The minimum Gasteiger partial charge on any atom is -0.292 e. The Kier molecular flexibility index (Phi) is 4.69. The van der Waals surface area contributed by atoms with Crippen molar-refractivity contribution in [2.75, 3.05) is 13.1 Å². The van der Waals surface area contributed by atoms with Crippen LogP contribution in [-0.2, 0) is 0 Å². The molecule has 0 unspecified atom stereocenters. The Morgan fingerprint density at radius 1 is 1.17 bits per heavy atom. The van der Waals surface area contributed by atoms with Crippen LogP contribution < -0.4 is 0 Å². The molecule has 2 nitrogen and oxygen atoms in total. The van der Waals surface area contributed by atoms with Crippen LogP contribution in [0.4, 0.5) is 0 Å². The van der Waals surface area contributed by atoms with E-state index in [9.17, 15) is 4.79 Å². The Balaban J connectivity index is 3.16. The average Bonchev–Trinajstić information content (AvgIpc) is 2.32. The third-order valence-corrected chi connectivity index (χ3v) is 3.75. The number of hydrogen-bond donors (Lipinski definition) is 0. The maximum atomic E-state index is 12.8. The number of aryl methyl sites for hydroxylation is 2. The molecule has 2 heteroatoms. The average molecular weight is 247 g/mol. The number of rotatable bonds is 5. The van der Waals surface area contributed by atoms with Gasteiger partial charge in [0, 0.05) is 5.56 Å². The second-order valence-electron chi connectivity index (χ2n) is 5.38. The SMILES string of the molecule is CCN(CC)C(C)(C)C(=O)c1cc(C)ccc1C. The maximum Gasteiger partial charge on any atom is 0.182 e. The first-order valence-corrected chi connectivity index (χ1v) is 6.71. The van der Waals surface area contributed by atoms with Crippen molar-refractivity contribution in [2.24, 2.45) is 0 Å². The van der Waals surface area contributed by atoms with Crippen molar-refractivity contribution in [2.45, 2.75) is 47.1 Å². The first kappa shape index (κ1) is 14.9. The van der Waals surface area contributed by atoms with Crippen LogP contribution >= 0.6 is 0 Å². The standard InChI is InChI=1S/C16H25NO/c1-7-17(8-2)16(5,6)15(18)14-11-12(3)9-10-13(14)4/h9-11H,7-8H2,1-6H3. The highest BCUT2D eigenvalue weighted by atomic mass is 16.1. The summed E-state index contributed by atoms with van der Waals surface area (Å²) in [6.07, 6.45) is 0. The fourth-order valence-corrected chi connectivity index (χ4v) is 2.47. The smallest absolute Gasteiger partial charge is 0.182 e. The lowest BCUT2D eigenvalue weighted by Crippen LogP contribution is -2.50. The van der Waals surface area contributed by atoms with E-state index in [-0.39, 0.29) is 5.78 Å². The molecule has 0 saturated carbocycles. The van der Waals surface area contributed by atoms with Crippen LogP contribution in [0, 0.1) is 13.8 Å². The Labute approximate surface area is 111 Å². The molecule has 18 heavy (non-hydrogen) atoms. The van der Waals surface area contributed by atoms with Gasteiger partial charge in [-0.05, 0) is 52.4 Å². The van der Waals surface area contributed by atoms with Crippen LogP contribution in [0.5, 0.6) is 0 Å². The zero-order valence-corrected chi connectivity index (χ0v) is 12.5. The topological polar surface area (TPSA) is 20.3 Å². The number of nitrogens with zero attached hydrogens (tertiary/aromatic N) is 1. The maximum absolute atomic E-state index is 12.8. The van der Waals surface area contributed by atoms with E-state index >= 15 is 0 Å². The predicted octanol–water partition coefficient (Wildman–Crippen LogP) is 3.61. The van der Waals surface area contributed by atoms with Gasteiger partial charge < -0.3 is 0 Å².